The number of thiophene rings is 1. The van der Waals surface area contributed by atoms with Crippen molar-refractivity contribution in [2.24, 2.45) is 47.3 Å². The molecule has 0 saturated heterocycles. The average Bonchev–Trinajstić information content (AvgIpc) is 3.73. The van der Waals surface area contributed by atoms with Gasteiger partial charge in [0.25, 0.3) is 0 Å². The Bertz CT molecular complexity index is 3810. The molecule has 6 fully saturated rings. The molecule has 9 aromatic rings. The summed E-state index contributed by atoms with van der Waals surface area (Å²) >= 11 is 1.95. The molecule has 11 atom stereocenters. The third-order valence-corrected chi connectivity index (χ3v) is 22.3. The fraction of sp³-hybridized carbons (Fsp3) is 0.333. The van der Waals surface area contributed by atoms with Crippen molar-refractivity contribution in [2.75, 3.05) is 5.32 Å². The van der Waals surface area contributed by atoms with E-state index in [-0.39, 0.29) is 0 Å². The van der Waals surface area contributed by atoms with Gasteiger partial charge in [0.05, 0.1) is 0 Å². The lowest BCUT2D eigenvalue weighted by Gasteiger charge is -2.70. The molecule has 3 heteroatoms. The maximum absolute atomic E-state index is 4.06. The lowest BCUT2D eigenvalue weighted by atomic mass is 9.34. The van der Waals surface area contributed by atoms with Crippen LogP contribution in [0.1, 0.15) is 105 Å². The van der Waals surface area contributed by atoms with Crippen molar-refractivity contribution in [3.63, 3.8) is 0 Å². The van der Waals surface area contributed by atoms with Gasteiger partial charge in [-0.05, 0) is 226 Å². The molecule has 1 nitrogen and oxygen atoms in total. The molecule has 0 spiro atoms. The van der Waals surface area contributed by atoms with E-state index in [4.69, 9.17) is 0 Å². The molecule has 7 aliphatic carbocycles. The molecule has 2 heterocycles. The zero-order valence-electron chi connectivity index (χ0n) is 41.9. The van der Waals surface area contributed by atoms with Crippen LogP contribution in [0.15, 0.2) is 146 Å². The van der Waals surface area contributed by atoms with Crippen molar-refractivity contribution in [1.82, 2.24) is 0 Å². The summed E-state index contributed by atoms with van der Waals surface area (Å²) in [4.78, 5) is 0. The smallest absolute Gasteiger partial charge is 0.193 e. The Kier molecular flexibility index (Phi) is 8.46. The first-order valence-corrected chi connectivity index (χ1v) is 28.7. The topological polar surface area (TPSA) is 12.0 Å². The van der Waals surface area contributed by atoms with Crippen molar-refractivity contribution in [3.05, 3.63) is 179 Å². The number of aryl methyl sites for hydroxylation is 1. The first-order chi connectivity index (χ1) is 35.2. The largest absolute Gasteiger partial charge is 0.355 e. The summed E-state index contributed by atoms with van der Waals surface area (Å²) in [6.07, 6.45) is 12.5. The van der Waals surface area contributed by atoms with Crippen LogP contribution >= 0.6 is 11.3 Å². The molecular formula is C69H61BNS. The second kappa shape index (κ2) is 14.7. The highest BCUT2D eigenvalue weighted by Crippen LogP contribution is 2.73. The molecule has 1 aliphatic heterocycles. The van der Waals surface area contributed by atoms with Crippen LogP contribution in [0.2, 0.25) is 0 Å². The highest BCUT2D eigenvalue weighted by Gasteiger charge is 2.67. The summed E-state index contributed by atoms with van der Waals surface area (Å²) in [6.45, 7) is 7.49. The lowest BCUT2D eigenvalue weighted by Crippen LogP contribution is -2.65. The number of benzene rings is 8. The van der Waals surface area contributed by atoms with E-state index < -0.39 is 0 Å². The number of anilines is 2. The summed E-state index contributed by atoms with van der Waals surface area (Å²) < 4.78 is 2.70. The number of fused-ring (bicyclic) bond motifs is 8. The Balaban J connectivity index is 0.869. The Labute approximate surface area is 429 Å². The SMILES string of the molecule is Cc1cc(-c2c(Nc3ccc(-c4ccccc4)cc3)ccc3sc4cc5ccccc5cc4c23)c2c(c1)C1Cc3ccc(C45CC(C)CC6CC(C4)C65)cc3-c3cc(C45CC(C)CC6CC(C4)C65)cc(c31)[B]2. The Hall–Kier alpha value is -5.90. The number of nitrogens with one attached hydrogen (secondary N) is 1. The van der Waals surface area contributed by atoms with Gasteiger partial charge in [-0.25, -0.2) is 0 Å². The van der Waals surface area contributed by atoms with Crippen molar-refractivity contribution in [3.8, 4) is 33.4 Å². The van der Waals surface area contributed by atoms with Gasteiger partial charge in [0.2, 0.25) is 0 Å². The first-order valence-electron chi connectivity index (χ1n) is 27.9. The standard InChI is InChI=1S/C69H61BNS/c1-37-23-55-53-28-44-13-16-49(68-33-38(2)21-45-25-47(35-68)65(45)68)30-52(44)54-31-50(69-34-39(3)22-46-26-48(36-69)66(46)69)32-58(62(53)54)70-67(55)57(24-37)63-59(71-51-17-14-41(15-18-51)40-9-5-4-6-10-40)19-20-60-64(63)56-27-42-11-7-8-12-43(42)29-61(56)72-60/h4-20,23-24,27,29-32,38-39,45-48,53,65-66,71H,21-22,25-26,28,33-36H2,1-3H3. The van der Waals surface area contributed by atoms with Crippen molar-refractivity contribution in [1.29, 1.82) is 0 Å². The van der Waals surface area contributed by atoms with E-state index in [9.17, 15) is 0 Å². The molecule has 1 N–H and O–H groups in total. The van der Waals surface area contributed by atoms with E-state index in [1.165, 1.54) is 132 Å². The van der Waals surface area contributed by atoms with Crippen LogP contribution in [-0.4, -0.2) is 7.28 Å². The van der Waals surface area contributed by atoms with E-state index >= 15 is 0 Å². The molecule has 0 bridgehead atoms. The van der Waals surface area contributed by atoms with E-state index in [2.05, 4.69) is 179 Å². The minimum atomic E-state index is 0.302. The van der Waals surface area contributed by atoms with Gasteiger partial charge in [0, 0.05) is 43.0 Å². The molecule has 11 unspecified atom stereocenters. The molecule has 1 radical (unpaired) electrons. The Morgan fingerprint density at radius 1 is 0.569 bits per heavy atom. The molecule has 17 rings (SSSR count). The molecule has 8 aromatic carbocycles. The van der Waals surface area contributed by atoms with Gasteiger partial charge in [-0.1, -0.05) is 140 Å². The lowest BCUT2D eigenvalue weighted by molar-refractivity contribution is -0.159. The van der Waals surface area contributed by atoms with Crippen LogP contribution in [0.4, 0.5) is 11.4 Å². The van der Waals surface area contributed by atoms with Crippen LogP contribution in [0.3, 0.4) is 0 Å². The molecule has 72 heavy (non-hydrogen) atoms. The fourth-order valence-corrected chi connectivity index (χ4v) is 19.9. The zero-order chi connectivity index (χ0) is 47.4. The van der Waals surface area contributed by atoms with Crippen molar-refractivity contribution >= 4 is 71.9 Å². The Morgan fingerprint density at radius 3 is 2.01 bits per heavy atom. The van der Waals surface area contributed by atoms with Crippen LogP contribution in [0.5, 0.6) is 0 Å². The Morgan fingerprint density at radius 2 is 1.26 bits per heavy atom. The van der Waals surface area contributed by atoms with Gasteiger partial charge in [0.1, 0.15) is 0 Å². The number of hydrogen-bond donors (Lipinski definition) is 1. The van der Waals surface area contributed by atoms with Crippen molar-refractivity contribution in [2.45, 2.75) is 95.3 Å². The maximum atomic E-state index is 4.06. The van der Waals surface area contributed by atoms with E-state index in [0.717, 1.165) is 59.5 Å². The number of hydrogen-bond acceptors (Lipinski definition) is 2. The highest BCUT2D eigenvalue weighted by atomic mass is 32.1. The summed E-state index contributed by atoms with van der Waals surface area (Å²) in [7, 11) is 2.70. The van der Waals surface area contributed by atoms with Gasteiger partial charge < -0.3 is 5.32 Å². The summed E-state index contributed by atoms with van der Waals surface area (Å²) in [5, 5.41) is 9.38. The molecule has 8 aliphatic rings. The minimum Gasteiger partial charge on any atom is -0.355 e. The van der Waals surface area contributed by atoms with Crippen LogP contribution in [0.25, 0.3) is 64.3 Å². The second-order valence-electron chi connectivity index (χ2n) is 25.2. The van der Waals surface area contributed by atoms with Gasteiger partial charge >= 0.3 is 0 Å². The van der Waals surface area contributed by atoms with Gasteiger partial charge in [0.15, 0.2) is 7.28 Å². The van der Waals surface area contributed by atoms with Gasteiger partial charge in [-0.2, -0.15) is 0 Å². The number of rotatable bonds is 6. The van der Waals surface area contributed by atoms with Crippen LogP contribution in [0, 0.1) is 54.3 Å². The summed E-state index contributed by atoms with van der Waals surface area (Å²) in [5.41, 5.74) is 23.6. The minimum absolute atomic E-state index is 0.302. The molecule has 0 amide bonds. The summed E-state index contributed by atoms with van der Waals surface area (Å²) in [6, 6.07) is 57.2. The third-order valence-electron chi connectivity index (χ3n) is 21.2. The molecule has 351 valence electrons. The fourth-order valence-electron chi connectivity index (χ4n) is 18.8. The van der Waals surface area contributed by atoms with E-state index in [0.29, 0.717) is 16.7 Å². The predicted octanol–water partition coefficient (Wildman–Crippen LogP) is 16.6. The van der Waals surface area contributed by atoms with Crippen LogP contribution in [-0.2, 0) is 17.3 Å². The van der Waals surface area contributed by atoms with Crippen molar-refractivity contribution < 1.29 is 0 Å². The normalized spacial score (nSPS) is 30.6. The zero-order valence-corrected chi connectivity index (χ0v) is 42.7. The summed E-state index contributed by atoms with van der Waals surface area (Å²) in [5.74, 6) is 7.50. The predicted molar refractivity (Wildman–Crippen MR) is 304 cm³/mol. The quantitative estimate of drug-likeness (QED) is 0.164. The van der Waals surface area contributed by atoms with Crippen LogP contribution < -0.4 is 16.2 Å². The highest BCUT2D eigenvalue weighted by molar-refractivity contribution is 7.26. The maximum Gasteiger partial charge on any atom is 0.193 e. The van der Waals surface area contributed by atoms with E-state index in [1.807, 2.05) is 11.3 Å². The monoisotopic (exact) mass is 946 g/mol. The van der Waals surface area contributed by atoms with E-state index in [1.54, 1.807) is 33.4 Å². The van der Waals surface area contributed by atoms with Gasteiger partial charge in [-0.15, -0.1) is 11.3 Å². The van der Waals surface area contributed by atoms with Gasteiger partial charge in [-0.3, -0.25) is 0 Å². The average molecular weight is 947 g/mol. The third kappa shape index (κ3) is 5.62. The molecular weight excluding hydrogens is 886 g/mol. The first kappa shape index (κ1) is 41.6. The molecule has 1 aromatic heterocycles. The second-order valence-corrected chi connectivity index (χ2v) is 26.3. The molecule has 6 saturated carbocycles.